The number of amides is 1. The fraction of sp³-hybridized carbons (Fsp3) is 0.706. The molecule has 0 aliphatic carbocycles. The van der Waals surface area contributed by atoms with Crippen LogP contribution < -0.4 is 5.73 Å². The number of rotatable bonds is 4. The zero-order chi connectivity index (χ0) is 16.2. The maximum absolute atomic E-state index is 11.9. The van der Waals surface area contributed by atoms with Crippen molar-refractivity contribution in [3.8, 4) is 0 Å². The van der Waals surface area contributed by atoms with Gasteiger partial charge in [0.15, 0.2) is 0 Å². The first-order valence-electron chi connectivity index (χ1n) is 8.50. The highest BCUT2D eigenvalue weighted by molar-refractivity contribution is 7.10. The van der Waals surface area contributed by atoms with Crippen LogP contribution in [0.4, 0.5) is 0 Å². The Morgan fingerprint density at radius 2 is 2.13 bits per heavy atom. The first kappa shape index (κ1) is 16.9. The molecule has 2 aliphatic rings. The summed E-state index contributed by atoms with van der Waals surface area (Å²) in [4.78, 5) is 18.2. The van der Waals surface area contributed by atoms with Gasteiger partial charge in [-0.25, -0.2) is 0 Å². The van der Waals surface area contributed by atoms with Gasteiger partial charge in [0, 0.05) is 56.9 Å². The molecule has 2 fully saturated rings. The number of nitrogens with two attached hydrogens (primary N) is 1. The Labute approximate surface area is 142 Å². The van der Waals surface area contributed by atoms with Crippen LogP contribution in [-0.2, 0) is 16.1 Å². The van der Waals surface area contributed by atoms with Crippen LogP contribution in [0.25, 0.3) is 0 Å². The Kier molecular flexibility index (Phi) is 5.69. The zero-order valence-corrected chi connectivity index (χ0v) is 14.7. The molecule has 3 rings (SSSR count). The van der Waals surface area contributed by atoms with Crippen molar-refractivity contribution in [1.82, 2.24) is 9.80 Å². The molecule has 1 aromatic heterocycles. The first-order chi connectivity index (χ1) is 11.1. The molecule has 5 nitrogen and oxygen atoms in total. The normalized spacial score (nSPS) is 25.3. The van der Waals surface area contributed by atoms with Crippen LogP contribution in [0.1, 0.15) is 23.3 Å². The van der Waals surface area contributed by atoms with E-state index < -0.39 is 0 Å². The van der Waals surface area contributed by atoms with Gasteiger partial charge < -0.3 is 10.5 Å². The van der Waals surface area contributed by atoms with Crippen molar-refractivity contribution >= 4 is 17.2 Å². The lowest BCUT2D eigenvalue weighted by molar-refractivity contribution is -0.122. The van der Waals surface area contributed by atoms with E-state index >= 15 is 0 Å². The highest BCUT2D eigenvalue weighted by Gasteiger charge is 2.31. The number of carbonyl (C=O) groups is 1. The minimum atomic E-state index is -0.170. The number of aryl methyl sites for hydroxylation is 1. The number of thiophene rings is 1. The van der Waals surface area contributed by atoms with Gasteiger partial charge in [-0.1, -0.05) is 0 Å². The maximum Gasteiger partial charge on any atom is 0.223 e. The van der Waals surface area contributed by atoms with Gasteiger partial charge in [-0.15, -0.1) is 11.3 Å². The Morgan fingerprint density at radius 1 is 1.35 bits per heavy atom. The average molecular weight is 337 g/mol. The summed E-state index contributed by atoms with van der Waals surface area (Å²) in [5.41, 5.74) is 7.02. The topological polar surface area (TPSA) is 58.8 Å². The second-order valence-electron chi connectivity index (χ2n) is 6.70. The van der Waals surface area contributed by atoms with E-state index in [1.165, 1.54) is 10.4 Å². The summed E-state index contributed by atoms with van der Waals surface area (Å²) < 4.78 is 5.47. The van der Waals surface area contributed by atoms with Gasteiger partial charge in [-0.3, -0.25) is 14.6 Å². The van der Waals surface area contributed by atoms with E-state index in [1.54, 1.807) is 11.3 Å². The largest absolute Gasteiger partial charge is 0.381 e. The molecular weight excluding hydrogens is 310 g/mol. The van der Waals surface area contributed by atoms with E-state index in [0.29, 0.717) is 6.04 Å². The number of carbonyl (C=O) groups excluding carboxylic acids is 1. The quantitative estimate of drug-likeness (QED) is 0.903. The van der Waals surface area contributed by atoms with E-state index in [0.717, 1.165) is 58.8 Å². The van der Waals surface area contributed by atoms with Gasteiger partial charge in [0.1, 0.15) is 0 Å². The maximum atomic E-state index is 11.9. The van der Waals surface area contributed by atoms with Gasteiger partial charge in [0.25, 0.3) is 0 Å². The molecule has 0 saturated carbocycles. The van der Waals surface area contributed by atoms with E-state index in [-0.39, 0.29) is 11.8 Å². The summed E-state index contributed by atoms with van der Waals surface area (Å²) in [7, 11) is 0. The lowest BCUT2D eigenvalue weighted by Crippen LogP contribution is -2.44. The third kappa shape index (κ3) is 4.32. The molecule has 6 heteroatoms. The van der Waals surface area contributed by atoms with Crippen molar-refractivity contribution in [2.45, 2.75) is 32.4 Å². The molecule has 0 aromatic carbocycles. The van der Waals surface area contributed by atoms with Crippen LogP contribution in [0.5, 0.6) is 0 Å². The van der Waals surface area contributed by atoms with Gasteiger partial charge in [0.05, 0.1) is 5.92 Å². The summed E-state index contributed by atoms with van der Waals surface area (Å²) >= 11 is 1.80. The number of hydrogen-bond donors (Lipinski definition) is 1. The highest BCUT2D eigenvalue weighted by Crippen LogP contribution is 2.22. The molecule has 3 heterocycles. The summed E-state index contributed by atoms with van der Waals surface area (Å²) in [5, 5.41) is 2.14. The number of primary amides is 1. The minimum Gasteiger partial charge on any atom is -0.381 e. The van der Waals surface area contributed by atoms with Crippen LogP contribution in [-0.4, -0.2) is 61.1 Å². The second kappa shape index (κ2) is 7.75. The molecule has 2 saturated heterocycles. The molecule has 0 bridgehead atoms. The van der Waals surface area contributed by atoms with Gasteiger partial charge in [-0.2, -0.15) is 0 Å². The SMILES string of the molecule is Cc1ccsc1CN1CCN(C2CCOCC2)C[C@@H](C(N)=O)C1. The molecule has 0 spiro atoms. The number of hydrogen-bond acceptors (Lipinski definition) is 5. The Bertz CT molecular complexity index is 528. The van der Waals surface area contributed by atoms with Crippen LogP contribution in [0.15, 0.2) is 11.4 Å². The molecule has 2 N–H and O–H groups in total. The molecular formula is C17H27N3O2S. The average Bonchev–Trinajstić information content (AvgIpc) is 2.83. The fourth-order valence-corrected chi connectivity index (χ4v) is 4.53. The summed E-state index contributed by atoms with van der Waals surface area (Å²) in [6.07, 6.45) is 2.13. The van der Waals surface area contributed by atoms with E-state index in [4.69, 9.17) is 10.5 Å². The molecule has 0 radical (unpaired) electrons. The van der Waals surface area contributed by atoms with Crippen molar-refractivity contribution in [2.24, 2.45) is 11.7 Å². The predicted octanol–water partition coefficient (Wildman–Crippen LogP) is 1.45. The van der Waals surface area contributed by atoms with Crippen molar-refractivity contribution in [1.29, 1.82) is 0 Å². The summed E-state index contributed by atoms with van der Waals surface area (Å²) in [6.45, 7) is 8.32. The zero-order valence-electron chi connectivity index (χ0n) is 13.9. The Hall–Kier alpha value is -0.950. The fourth-order valence-electron chi connectivity index (χ4n) is 3.58. The van der Waals surface area contributed by atoms with Crippen LogP contribution in [0, 0.1) is 12.8 Å². The molecule has 0 unspecified atom stereocenters. The predicted molar refractivity (Wildman–Crippen MR) is 92.4 cm³/mol. The van der Waals surface area contributed by atoms with E-state index in [9.17, 15) is 4.79 Å². The van der Waals surface area contributed by atoms with Crippen LogP contribution >= 0.6 is 11.3 Å². The lowest BCUT2D eigenvalue weighted by Gasteiger charge is -2.34. The number of nitrogens with zero attached hydrogens (tertiary/aromatic N) is 2. The lowest BCUT2D eigenvalue weighted by atomic mass is 10.0. The molecule has 2 aliphatic heterocycles. The highest BCUT2D eigenvalue weighted by atomic mass is 32.1. The summed E-state index contributed by atoms with van der Waals surface area (Å²) in [6, 6.07) is 2.70. The summed E-state index contributed by atoms with van der Waals surface area (Å²) in [5.74, 6) is -0.252. The monoisotopic (exact) mass is 337 g/mol. The molecule has 1 amide bonds. The van der Waals surface area contributed by atoms with Gasteiger partial charge in [0.2, 0.25) is 5.91 Å². The Balaban J connectivity index is 1.67. The smallest absolute Gasteiger partial charge is 0.223 e. The second-order valence-corrected chi connectivity index (χ2v) is 7.70. The number of ether oxygens (including phenoxy) is 1. The third-order valence-electron chi connectivity index (χ3n) is 5.08. The van der Waals surface area contributed by atoms with Gasteiger partial charge >= 0.3 is 0 Å². The molecule has 128 valence electrons. The van der Waals surface area contributed by atoms with Crippen molar-refractivity contribution in [3.63, 3.8) is 0 Å². The van der Waals surface area contributed by atoms with Gasteiger partial charge in [-0.05, 0) is 36.8 Å². The van der Waals surface area contributed by atoms with E-state index in [2.05, 4.69) is 28.2 Å². The minimum absolute atomic E-state index is 0.0828. The van der Waals surface area contributed by atoms with Crippen molar-refractivity contribution in [2.75, 3.05) is 39.4 Å². The molecule has 1 atom stereocenters. The van der Waals surface area contributed by atoms with E-state index in [1.807, 2.05) is 0 Å². The molecule has 23 heavy (non-hydrogen) atoms. The van der Waals surface area contributed by atoms with Crippen LogP contribution in [0.2, 0.25) is 0 Å². The van der Waals surface area contributed by atoms with Crippen LogP contribution in [0.3, 0.4) is 0 Å². The Morgan fingerprint density at radius 3 is 2.78 bits per heavy atom. The standard InChI is InChI=1S/C17H27N3O2S/c1-13-4-9-23-16(13)12-19-5-6-20(11-14(10-19)17(18)21)15-2-7-22-8-3-15/h4,9,14-15H,2-3,5-8,10-12H2,1H3,(H2,18,21)/t14-/m0/s1. The molecule has 1 aromatic rings. The first-order valence-corrected chi connectivity index (χ1v) is 9.38. The van der Waals surface area contributed by atoms with Crippen molar-refractivity contribution in [3.05, 3.63) is 21.9 Å². The van der Waals surface area contributed by atoms with Crippen molar-refractivity contribution < 1.29 is 9.53 Å². The third-order valence-corrected chi connectivity index (χ3v) is 6.09.